The van der Waals surface area contributed by atoms with Gasteiger partial charge in [0.25, 0.3) is 0 Å². The topological polar surface area (TPSA) is 38.3 Å². The van der Waals surface area contributed by atoms with Crippen LogP contribution in [0.15, 0.2) is 60.7 Å². The molecule has 0 spiro atoms. The van der Waals surface area contributed by atoms with Crippen LogP contribution in [0.5, 0.6) is 0 Å². The first-order valence-corrected chi connectivity index (χ1v) is 10.9. The van der Waals surface area contributed by atoms with Gasteiger partial charge in [0.05, 0.1) is 0 Å². The molecule has 0 saturated heterocycles. The van der Waals surface area contributed by atoms with E-state index in [9.17, 15) is 4.79 Å². The maximum atomic E-state index is 12.2. The predicted octanol–water partition coefficient (Wildman–Crippen LogP) is 3.57. The van der Waals surface area contributed by atoms with E-state index in [1.807, 2.05) is 45.0 Å². The van der Waals surface area contributed by atoms with Gasteiger partial charge in [0.2, 0.25) is 0 Å². The second-order valence-electron chi connectivity index (χ2n) is 6.66. The number of hydrogen-bond acceptors (Lipinski definition) is 2. The average molecular weight is 439 g/mol. The quantitative estimate of drug-likeness (QED) is 0.700. The van der Waals surface area contributed by atoms with E-state index in [1.165, 1.54) is 9.17 Å². The molecule has 1 atom stereocenters. The van der Waals surface area contributed by atoms with Crippen LogP contribution in [0.3, 0.4) is 0 Å². The van der Waals surface area contributed by atoms with Crippen molar-refractivity contribution >= 4 is 30.6 Å². The van der Waals surface area contributed by atoms with Crippen LogP contribution in [0, 0.1) is 0 Å². The summed E-state index contributed by atoms with van der Waals surface area (Å²) in [6.07, 6.45) is 0.501. The summed E-state index contributed by atoms with van der Waals surface area (Å²) in [4.78, 5) is 12.2. The molecule has 2 aromatic rings. The van der Waals surface area contributed by atoms with Gasteiger partial charge < -0.3 is 0 Å². The van der Waals surface area contributed by atoms with Gasteiger partial charge in [-0.15, -0.1) is 0 Å². The van der Waals surface area contributed by atoms with Crippen molar-refractivity contribution in [3.8, 4) is 0 Å². The van der Waals surface area contributed by atoms with Crippen molar-refractivity contribution in [3.05, 3.63) is 66.2 Å². The standard InChI is InChI=1S/C20H25NO2Te/c1-20(2,3)23-19(22)21-17(14-16-10-6-4-7-11-16)15-24-18-12-8-5-9-13-18/h4-13,17H,14-15H2,1-3H3,(H,21,22)/t17-/m0/s1. The van der Waals surface area contributed by atoms with E-state index in [0.29, 0.717) is 0 Å². The molecular weight excluding hydrogens is 414 g/mol. The van der Waals surface area contributed by atoms with E-state index in [4.69, 9.17) is 4.74 Å². The number of hydrogen-bond donors (Lipinski definition) is 1. The molecule has 0 bridgehead atoms. The normalized spacial score (nSPS) is 12.5. The Morgan fingerprint density at radius 3 is 2.21 bits per heavy atom. The van der Waals surface area contributed by atoms with Gasteiger partial charge in [-0.25, -0.2) is 0 Å². The number of ether oxygens (including phenoxy) is 1. The number of amides is 1. The Balaban J connectivity index is 1.99. The van der Waals surface area contributed by atoms with Crippen LogP contribution < -0.4 is 8.93 Å². The molecule has 0 unspecified atom stereocenters. The van der Waals surface area contributed by atoms with E-state index in [0.717, 1.165) is 10.9 Å². The van der Waals surface area contributed by atoms with Gasteiger partial charge in [-0.05, 0) is 0 Å². The van der Waals surface area contributed by atoms with Gasteiger partial charge in [-0.1, -0.05) is 0 Å². The van der Waals surface area contributed by atoms with Crippen LogP contribution in [-0.4, -0.2) is 38.7 Å². The molecule has 1 amide bonds. The fourth-order valence-electron chi connectivity index (χ4n) is 2.24. The SMILES string of the molecule is CC(C)(C)OC(=O)N[C@H](C[Te]c1ccccc1)Cc1ccccc1. The zero-order chi connectivity index (χ0) is 17.4. The van der Waals surface area contributed by atoms with Gasteiger partial charge in [0.1, 0.15) is 0 Å². The molecule has 0 fully saturated rings. The Kier molecular flexibility index (Phi) is 7.15. The first-order chi connectivity index (χ1) is 11.4. The Morgan fingerprint density at radius 2 is 1.62 bits per heavy atom. The molecule has 0 aliphatic rings. The first-order valence-electron chi connectivity index (χ1n) is 8.14. The zero-order valence-electron chi connectivity index (χ0n) is 14.5. The molecule has 2 rings (SSSR count). The summed E-state index contributed by atoms with van der Waals surface area (Å²) < 4.78 is 7.83. The maximum absolute atomic E-state index is 12.2. The van der Waals surface area contributed by atoms with E-state index in [1.54, 1.807) is 0 Å². The molecule has 1 N–H and O–H groups in total. The second kappa shape index (κ2) is 9.11. The van der Waals surface area contributed by atoms with E-state index in [-0.39, 0.29) is 33.1 Å². The molecular formula is C20H25NO2Te. The molecule has 0 radical (unpaired) electrons. The summed E-state index contributed by atoms with van der Waals surface area (Å²) in [5.41, 5.74) is 0.761. The molecule has 2 aromatic carbocycles. The van der Waals surface area contributed by atoms with Gasteiger partial charge >= 0.3 is 155 Å². The van der Waals surface area contributed by atoms with Crippen molar-refractivity contribution in [2.24, 2.45) is 0 Å². The molecule has 3 nitrogen and oxygen atoms in total. The minimum atomic E-state index is -0.475. The summed E-state index contributed by atoms with van der Waals surface area (Å²) >= 11 is -0.343. The van der Waals surface area contributed by atoms with Crippen LogP contribution in [0.1, 0.15) is 26.3 Å². The number of carbonyl (C=O) groups is 1. The molecule has 24 heavy (non-hydrogen) atoms. The summed E-state index contributed by atoms with van der Waals surface area (Å²) in [5, 5.41) is 3.06. The van der Waals surface area contributed by atoms with Crippen LogP contribution in [0.2, 0.25) is 4.47 Å². The van der Waals surface area contributed by atoms with Gasteiger partial charge in [-0.2, -0.15) is 0 Å². The Labute approximate surface area is 154 Å². The fraction of sp³-hybridized carbons (Fsp3) is 0.350. The van der Waals surface area contributed by atoms with Crippen LogP contribution in [0.25, 0.3) is 0 Å². The van der Waals surface area contributed by atoms with Crippen molar-refractivity contribution in [2.75, 3.05) is 0 Å². The predicted molar refractivity (Wildman–Crippen MR) is 99.9 cm³/mol. The van der Waals surface area contributed by atoms with Crippen LogP contribution in [-0.2, 0) is 11.2 Å². The molecule has 0 aliphatic heterocycles. The van der Waals surface area contributed by atoms with Gasteiger partial charge in [0, 0.05) is 0 Å². The van der Waals surface area contributed by atoms with Crippen LogP contribution in [0.4, 0.5) is 4.79 Å². The fourth-order valence-corrected chi connectivity index (χ4v) is 4.93. The molecule has 0 aliphatic carbocycles. The number of alkyl carbamates (subject to hydrolysis) is 1. The monoisotopic (exact) mass is 441 g/mol. The third-order valence-corrected chi connectivity index (χ3v) is 6.59. The number of carbonyl (C=O) groups excluding carboxylic acids is 1. The van der Waals surface area contributed by atoms with Crippen molar-refractivity contribution in [1.29, 1.82) is 0 Å². The second-order valence-corrected chi connectivity index (χ2v) is 9.78. The zero-order valence-corrected chi connectivity index (χ0v) is 16.8. The Hall–Kier alpha value is -1.50. The summed E-state index contributed by atoms with van der Waals surface area (Å²) in [6.45, 7) is 5.66. The van der Waals surface area contributed by atoms with E-state index < -0.39 is 5.60 Å². The number of benzene rings is 2. The Bertz CT molecular complexity index is 623. The molecule has 128 valence electrons. The van der Waals surface area contributed by atoms with E-state index >= 15 is 0 Å². The van der Waals surface area contributed by atoms with Crippen LogP contribution >= 0.6 is 0 Å². The average Bonchev–Trinajstić information content (AvgIpc) is 2.53. The summed E-state index contributed by atoms with van der Waals surface area (Å²) in [6, 6.07) is 20.9. The first kappa shape index (κ1) is 18.8. The van der Waals surface area contributed by atoms with Crippen molar-refractivity contribution < 1.29 is 9.53 Å². The van der Waals surface area contributed by atoms with E-state index in [2.05, 4.69) is 41.7 Å². The van der Waals surface area contributed by atoms with Gasteiger partial charge in [-0.3, -0.25) is 0 Å². The minimum absolute atomic E-state index is 0.102. The van der Waals surface area contributed by atoms with Crippen molar-refractivity contribution in [3.63, 3.8) is 0 Å². The van der Waals surface area contributed by atoms with Gasteiger partial charge in [0.15, 0.2) is 0 Å². The summed E-state index contributed by atoms with van der Waals surface area (Å²) in [5.74, 6) is 0. The van der Waals surface area contributed by atoms with Crippen molar-refractivity contribution in [1.82, 2.24) is 5.32 Å². The molecule has 0 aromatic heterocycles. The molecule has 0 heterocycles. The third-order valence-electron chi connectivity index (χ3n) is 3.24. The molecule has 4 heteroatoms. The molecule has 0 saturated carbocycles. The third kappa shape index (κ3) is 7.38. The number of rotatable bonds is 6. The summed E-state index contributed by atoms with van der Waals surface area (Å²) in [7, 11) is 0. The number of nitrogens with one attached hydrogen (secondary N) is 1. The Morgan fingerprint density at radius 1 is 1.04 bits per heavy atom. The van der Waals surface area contributed by atoms with Crippen molar-refractivity contribution in [2.45, 2.75) is 43.3 Å².